The number of nitrogens with two attached hydrogens (primary N) is 1. The topological polar surface area (TPSA) is 111 Å². The molecule has 2 heterocycles. The molecule has 4 N–H and O–H groups in total. The number of hydrogen-bond donors (Lipinski definition) is 3. The van der Waals surface area contributed by atoms with Gasteiger partial charge in [-0.2, -0.15) is 4.98 Å². The second kappa shape index (κ2) is 10.7. The van der Waals surface area contributed by atoms with E-state index in [1.807, 2.05) is 19.1 Å². The minimum Gasteiger partial charge on any atom is -0.351 e. The Morgan fingerprint density at radius 2 is 2.09 bits per heavy atom. The number of aryl methyl sites for hydroxylation is 1. The van der Waals surface area contributed by atoms with Crippen LogP contribution in [0.1, 0.15) is 59.8 Å². The highest BCUT2D eigenvalue weighted by Crippen LogP contribution is 2.34. The van der Waals surface area contributed by atoms with E-state index in [9.17, 15) is 13.6 Å². The van der Waals surface area contributed by atoms with Crippen molar-refractivity contribution in [3.63, 3.8) is 0 Å². The summed E-state index contributed by atoms with van der Waals surface area (Å²) in [7, 11) is 0. The van der Waals surface area contributed by atoms with Crippen molar-refractivity contribution in [1.82, 2.24) is 24.8 Å². The highest BCUT2D eigenvalue weighted by Gasteiger charge is 2.35. The van der Waals surface area contributed by atoms with Crippen LogP contribution in [0.3, 0.4) is 0 Å². The molecule has 1 aromatic carbocycles. The van der Waals surface area contributed by atoms with Crippen molar-refractivity contribution in [1.29, 1.82) is 0 Å². The molecule has 4 rings (SSSR count). The molecular weight excluding hydrogens is 476 g/mol. The smallest absolute Gasteiger partial charge is 0.271 e. The number of benzene rings is 1. The number of amides is 1. The molecule has 1 fully saturated rings. The summed E-state index contributed by atoms with van der Waals surface area (Å²) < 4.78 is 28.5. The van der Waals surface area contributed by atoms with E-state index in [0.717, 1.165) is 11.1 Å². The van der Waals surface area contributed by atoms with Crippen molar-refractivity contribution in [3.8, 4) is 5.82 Å². The van der Waals surface area contributed by atoms with E-state index in [0.29, 0.717) is 42.6 Å². The zero-order chi connectivity index (χ0) is 25.0. The Morgan fingerprint density at radius 3 is 2.80 bits per heavy atom. The molecule has 3 aromatic rings. The second-order valence-electron chi connectivity index (χ2n) is 8.80. The molecule has 0 radical (unpaired) electrons. The van der Waals surface area contributed by atoms with Crippen LogP contribution in [-0.4, -0.2) is 43.9 Å². The molecule has 1 atom stereocenters. The Labute approximate surface area is 207 Å². The Kier molecular flexibility index (Phi) is 7.61. The van der Waals surface area contributed by atoms with Crippen LogP contribution in [-0.2, 0) is 0 Å². The number of alkyl halides is 2. The maximum Gasteiger partial charge on any atom is 0.271 e. The summed E-state index contributed by atoms with van der Waals surface area (Å²) in [4.78, 5) is 26.0. The quantitative estimate of drug-likeness (QED) is 0.419. The minimum atomic E-state index is -2.60. The third kappa shape index (κ3) is 6.32. The van der Waals surface area contributed by atoms with Gasteiger partial charge in [-0.1, -0.05) is 23.7 Å². The van der Waals surface area contributed by atoms with Crippen molar-refractivity contribution in [2.45, 2.75) is 57.0 Å². The van der Waals surface area contributed by atoms with Crippen LogP contribution in [0, 0.1) is 6.92 Å². The van der Waals surface area contributed by atoms with Crippen LogP contribution in [0.4, 0.5) is 14.7 Å². The zero-order valence-corrected chi connectivity index (χ0v) is 20.1. The van der Waals surface area contributed by atoms with Gasteiger partial charge in [-0.3, -0.25) is 9.36 Å². The predicted octanol–water partition coefficient (Wildman–Crippen LogP) is 4.43. The lowest BCUT2D eigenvalue weighted by molar-refractivity contribution is -0.0361. The fraction of sp³-hybridized carbons (Fsp3) is 0.417. The number of anilines is 1. The third-order valence-electron chi connectivity index (χ3n) is 6.07. The van der Waals surface area contributed by atoms with Gasteiger partial charge in [0.15, 0.2) is 0 Å². The molecule has 0 spiro atoms. The Morgan fingerprint density at radius 1 is 1.31 bits per heavy atom. The largest absolute Gasteiger partial charge is 0.351 e. The van der Waals surface area contributed by atoms with Crippen molar-refractivity contribution in [2.75, 3.05) is 11.9 Å². The monoisotopic (exact) mass is 503 g/mol. The Balaban J connectivity index is 1.47. The number of carbonyl (C=O) groups is 1. The van der Waals surface area contributed by atoms with Crippen LogP contribution in [0.5, 0.6) is 0 Å². The molecule has 0 saturated heterocycles. The van der Waals surface area contributed by atoms with Crippen LogP contribution in [0.2, 0.25) is 5.02 Å². The van der Waals surface area contributed by atoms with E-state index >= 15 is 0 Å². The number of rotatable bonds is 8. The summed E-state index contributed by atoms with van der Waals surface area (Å²) in [6.07, 6.45) is 5.70. The molecule has 35 heavy (non-hydrogen) atoms. The van der Waals surface area contributed by atoms with Gasteiger partial charge in [0.25, 0.3) is 5.91 Å². The summed E-state index contributed by atoms with van der Waals surface area (Å²) in [5.41, 5.74) is 7.60. The van der Waals surface area contributed by atoms with Crippen molar-refractivity contribution >= 4 is 23.5 Å². The molecule has 11 heteroatoms. The van der Waals surface area contributed by atoms with Gasteiger partial charge in [0.1, 0.15) is 17.8 Å². The second-order valence-corrected chi connectivity index (χ2v) is 9.24. The van der Waals surface area contributed by atoms with Gasteiger partial charge in [-0.15, -0.1) is 0 Å². The van der Waals surface area contributed by atoms with Gasteiger partial charge >= 0.3 is 0 Å². The Bertz CT molecular complexity index is 1180. The van der Waals surface area contributed by atoms with Gasteiger partial charge < -0.3 is 16.4 Å². The Hall–Kier alpha value is -3.11. The number of nitrogens with zero attached hydrogens (tertiary/aromatic N) is 4. The van der Waals surface area contributed by atoms with E-state index in [1.54, 1.807) is 29.1 Å². The van der Waals surface area contributed by atoms with Crippen molar-refractivity contribution in [2.24, 2.45) is 5.73 Å². The first-order valence-electron chi connectivity index (χ1n) is 11.5. The molecule has 0 bridgehead atoms. The van der Waals surface area contributed by atoms with E-state index in [4.69, 9.17) is 17.3 Å². The van der Waals surface area contributed by atoms with E-state index in [2.05, 4.69) is 25.6 Å². The number of nitrogens with one attached hydrogen (secondary N) is 2. The average molecular weight is 504 g/mol. The van der Waals surface area contributed by atoms with Crippen LogP contribution < -0.4 is 16.4 Å². The molecule has 1 aliphatic rings. The van der Waals surface area contributed by atoms with Crippen molar-refractivity contribution in [3.05, 3.63) is 64.8 Å². The normalized spacial score (nSPS) is 16.6. The molecule has 2 aromatic heterocycles. The number of aromatic nitrogens is 4. The van der Waals surface area contributed by atoms with Gasteiger partial charge in [0.2, 0.25) is 11.9 Å². The highest BCUT2D eigenvalue weighted by atomic mass is 35.5. The highest BCUT2D eigenvalue weighted by molar-refractivity contribution is 6.30. The number of hydrogen-bond acceptors (Lipinski definition) is 6. The lowest BCUT2D eigenvalue weighted by atomic mass is 9.92. The number of imidazole rings is 1. The maximum atomic E-state index is 13.4. The molecule has 8 nitrogen and oxygen atoms in total. The first-order chi connectivity index (χ1) is 16.7. The fourth-order valence-electron chi connectivity index (χ4n) is 4.13. The summed E-state index contributed by atoms with van der Waals surface area (Å²) in [6, 6.07) is 6.86. The average Bonchev–Trinajstić information content (AvgIpc) is 3.32. The molecule has 1 aliphatic carbocycles. The first-order valence-corrected chi connectivity index (χ1v) is 11.9. The summed E-state index contributed by atoms with van der Waals surface area (Å²) in [5, 5.41) is 6.70. The van der Waals surface area contributed by atoms with Crippen LogP contribution in [0.25, 0.3) is 5.82 Å². The van der Waals surface area contributed by atoms with Crippen LogP contribution >= 0.6 is 11.6 Å². The molecule has 0 aliphatic heterocycles. The standard InChI is InChI=1S/C24H28ClF2N7O/c1-15-12-29-23(31-18-5-8-24(26,27)9-6-18)33-21(15)34-13-20(30-14-34)22(35)32-19(7-10-28)16-3-2-4-17(25)11-16/h2-4,11-14,18-19H,5-10,28H2,1H3,(H,32,35)(H,29,31,33). The van der Waals surface area contributed by atoms with Crippen LogP contribution in [0.15, 0.2) is 43.0 Å². The zero-order valence-electron chi connectivity index (χ0n) is 19.3. The lowest BCUT2D eigenvalue weighted by Crippen LogP contribution is -2.32. The summed E-state index contributed by atoms with van der Waals surface area (Å²) >= 11 is 6.11. The van der Waals surface area contributed by atoms with Gasteiger partial charge in [0.05, 0.1) is 6.04 Å². The van der Waals surface area contributed by atoms with Gasteiger partial charge in [-0.05, 0) is 50.4 Å². The lowest BCUT2D eigenvalue weighted by Gasteiger charge is -2.28. The number of halogens is 3. The van der Waals surface area contributed by atoms with Gasteiger partial charge in [-0.25, -0.2) is 18.7 Å². The summed E-state index contributed by atoms with van der Waals surface area (Å²) in [5.74, 6) is -2.05. The first kappa shape index (κ1) is 25.0. The van der Waals surface area contributed by atoms with E-state index < -0.39 is 5.92 Å². The maximum absolute atomic E-state index is 13.4. The minimum absolute atomic E-state index is 0.111. The predicted molar refractivity (Wildman–Crippen MR) is 130 cm³/mol. The number of carbonyl (C=O) groups excluding carboxylic acids is 1. The van der Waals surface area contributed by atoms with E-state index in [1.165, 1.54) is 6.33 Å². The SMILES string of the molecule is Cc1cnc(NC2CCC(F)(F)CC2)nc1-n1cnc(C(=O)NC(CCN)c2cccc(Cl)c2)c1. The van der Waals surface area contributed by atoms with Crippen molar-refractivity contribution < 1.29 is 13.6 Å². The third-order valence-corrected chi connectivity index (χ3v) is 6.30. The van der Waals surface area contributed by atoms with Gasteiger partial charge in [0, 0.05) is 41.9 Å². The molecule has 1 saturated carbocycles. The summed E-state index contributed by atoms with van der Waals surface area (Å²) in [6.45, 7) is 2.23. The van der Waals surface area contributed by atoms with E-state index in [-0.39, 0.29) is 36.5 Å². The molecular formula is C24H28ClF2N7O. The molecule has 186 valence electrons. The molecule has 1 unspecified atom stereocenters. The molecule has 1 amide bonds. The fourth-order valence-corrected chi connectivity index (χ4v) is 4.33.